The zero-order valence-electron chi connectivity index (χ0n) is 17.5. The molecule has 0 spiro atoms. The molecule has 8 heteroatoms. The van der Waals surface area contributed by atoms with Crippen molar-refractivity contribution in [3.63, 3.8) is 0 Å². The van der Waals surface area contributed by atoms with E-state index in [2.05, 4.69) is 0 Å². The summed E-state index contributed by atoms with van der Waals surface area (Å²) >= 11 is 0. The number of primary amides is 1. The molecule has 0 aliphatic carbocycles. The molecule has 3 aromatic rings. The van der Waals surface area contributed by atoms with Gasteiger partial charge in [0.25, 0.3) is 17.4 Å². The molecule has 2 heterocycles. The third-order valence-electron chi connectivity index (χ3n) is 5.60. The minimum atomic E-state index is -0.791. The number of benzene rings is 2. The van der Waals surface area contributed by atoms with Crippen LogP contribution in [0.4, 0.5) is 4.39 Å². The zero-order valence-corrected chi connectivity index (χ0v) is 17.5. The highest BCUT2D eigenvalue weighted by Crippen LogP contribution is 2.27. The molecule has 7 nitrogen and oxygen atoms in total. The van der Waals surface area contributed by atoms with E-state index in [1.807, 2.05) is 30.3 Å². The van der Waals surface area contributed by atoms with Gasteiger partial charge in [0.1, 0.15) is 5.56 Å². The first kappa shape index (κ1) is 21.3. The predicted molar refractivity (Wildman–Crippen MR) is 116 cm³/mol. The van der Waals surface area contributed by atoms with Crippen LogP contribution < -0.4 is 16.0 Å². The lowest BCUT2D eigenvalue weighted by molar-refractivity contribution is 0.0729. The minimum Gasteiger partial charge on any atom is -0.493 e. The molecule has 164 valence electrons. The lowest BCUT2D eigenvalue weighted by Gasteiger charge is -2.30. The fourth-order valence-electron chi connectivity index (χ4n) is 4.09. The molecule has 1 aromatic heterocycles. The van der Waals surface area contributed by atoms with E-state index in [-0.39, 0.29) is 36.5 Å². The van der Waals surface area contributed by atoms with E-state index in [0.717, 1.165) is 5.56 Å². The van der Waals surface area contributed by atoms with Crippen molar-refractivity contribution in [1.82, 2.24) is 9.47 Å². The Bertz CT molecular complexity index is 1250. The lowest BCUT2D eigenvalue weighted by Crippen LogP contribution is -2.40. The highest BCUT2D eigenvalue weighted by atomic mass is 19.1. The largest absolute Gasteiger partial charge is 0.493 e. The van der Waals surface area contributed by atoms with Crippen LogP contribution >= 0.6 is 0 Å². The van der Waals surface area contributed by atoms with Crippen LogP contribution in [0.1, 0.15) is 37.4 Å². The number of pyridine rings is 1. The van der Waals surface area contributed by atoms with Crippen LogP contribution in [0.25, 0.3) is 0 Å². The summed E-state index contributed by atoms with van der Waals surface area (Å²) in [6.07, 6.45) is 1.96. The second kappa shape index (κ2) is 8.66. The first-order valence-electron chi connectivity index (χ1n) is 10.1. The van der Waals surface area contributed by atoms with Gasteiger partial charge in [0.05, 0.1) is 19.2 Å². The second-order valence-corrected chi connectivity index (χ2v) is 7.59. The standard InChI is InChI=1S/C24H22FN3O4/c1-32-21-18(8-5-9-19(21)25)23(30)27-11-10-17-16(13-27)14-28(24(31)20(17)22(26)29)12-15-6-3-2-4-7-15/h2-9,14H,10-13H2,1H3,(H2,26,29). The Morgan fingerprint density at radius 3 is 2.56 bits per heavy atom. The molecule has 0 bridgehead atoms. The molecule has 2 aromatic carbocycles. The molecular formula is C24H22FN3O4. The Labute approximate surface area is 183 Å². The van der Waals surface area contributed by atoms with Gasteiger partial charge in [0.2, 0.25) is 0 Å². The number of hydrogen-bond acceptors (Lipinski definition) is 4. The summed E-state index contributed by atoms with van der Waals surface area (Å²) in [6.45, 7) is 0.677. The minimum absolute atomic E-state index is 0.0473. The third kappa shape index (κ3) is 3.87. The fourth-order valence-corrected chi connectivity index (χ4v) is 4.09. The van der Waals surface area contributed by atoms with E-state index >= 15 is 0 Å². The van der Waals surface area contributed by atoms with Crippen LogP contribution in [0, 0.1) is 5.82 Å². The molecule has 2 N–H and O–H groups in total. The van der Waals surface area contributed by atoms with Crippen LogP contribution in [0.5, 0.6) is 5.75 Å². The molecule has 0 fully saturated rings. The summed E-state index contributed by atoms with van der Waals surface area (Å²) in [7, 11) is 1.31. The predicted octanol–water partition coefficient (Wildman–Crippen LogP) is 2.34. The van der Waals surface area contributed by atoms with Crippen molar-refractivity contribution in [3.8, 4) is 5.75 Å². The highest BCUT2D eigenvalue weighted by Gasteiger charge is 2.29. The molecule has 1 aliphatic rings. The molecule has 0 unspecified atom stereocenters. The number of rotatable bonds is 5. The number of amides is 2. The Balaban J connectivity index is 1.72. The molecule has 0 saturated heterocycles. The number of aromatic nitrogens is 1. The molecule has 4 rings (SSSR count). The topological polar surface area (TPSA) is 94.6 Å². The number of carbonyl (C=O) groups excluding carboxylic acids is 2. The molecule has 2 amide bonds. The van der Waals surface area contributed by atoms with Gasteiger partial charge in [-0.15, -0.1) is 0 Å². The molecule has 0 radical (unpaired) electrons. The number of methoxy groups -OCH3 is 1. The normalized spacial score (nSPS) is 12.9. The van der Waals surface area contributed by atoms with Crippen molar-refractivity contribution in [1.29, 1.82) is 0 Å². The van der Waals surface area contributed by atoms with Crippen molar-refractivity contribution < 1.29 is 18.7 Å². The number of fused-ring (bicyclic) bond motifs is 1. The van der Waals surface area contributed by atoms with Crippen LogP contribution in [0.2, 0.25) is 0 Å². The molecule has 0 atom stereocenters. The number of nitrogens with two attached hydrogens (primary N) is 1. The fraction of sp³-hybridized carbons (Fsp3) is 0.208. The van der Waals surface area contributed by atoms with Crippen molar-refractivity contribution in [2.45, 2.75) is 19.5 Å². The van der Waals surface area contributed by atoms with Gasteiger partial charge in [-0.25, -0.2) is 4.39 Å². The Kier molecular flexibility index (Phi) is 5.77. The van der Waals surface area contributed by atoms with Gasteiger partial charge in [-0.1, -0.05) is 36.4 Å². The van der Waals surface area contributed by atoms with Gasteiger partial charge in [-0.05, 0) is 35.2 Å². The maximum Gasteiger partial charge on any atom is 0.264 e. The van der Waals surface area contributed by atoms with Gasteiger partial charge in [0.15, 0.2) is 11.6 Å². The quantitative estimate of drug-likeness (QED) is 0.666. The number of hydrogen-bond donors (Lipinski definition) is 1. The van der Waals surface area contributed by atoms with E-state index in [0.29, 0.717) is 17.5 Å². The van der Waals surface area contributed by atoms with Crippen LogP contribution in [0.15, 0.2) is 59.5 Å². The maximum atomic E-state index is 14.1. The van der Waals surface area contributed by atoms with Gasteiger partial charge in [0, 0.05) is 19.3 Å². The molecule has 0 saturated carbocycles. The Morgan fingerprint density at radius 2 is 1.88 bits per heavy atom. The average molecular weight is 435 g/mol. The van der Waals surface area contributed by atoms with Gasteiger partial charge < -0.3 is 19.9 Å². The van der Waals surface area contributed by atoms with Gasteiger partial charge in [-0.2, -0.15) is 0 Å². The summed E-state index contributed by atoms with van der Waals surface area (Å²) < 4.78 is 20.6. The van der Waals surface area contributed by atoms with Crippen LogP contribution in [0.3, 0.4) is 0 Å². The number of nitrogens with zero attached hydrogens (tertiary/aromatic N) is 2. The van der Waals surface area contributed by atoms with Crippen molar-refractivity contribution in [2.24, 2.45) is 5.73 Å². The zero-order chi connectivity index (χ0) is 22.8. The van der Waals surface area contributed by atoms with E-state index in [1.54, 1.807) is 11.1 Å². The van der Waals surface area contributed by atoms with Crippen molar-refractivity contribution in [2.75, 3.05) is 13.7 Å². The summed E-state index contributed by atoms with van der Waals surface area (Å²) in [5, 5.41) is 0. The summed E-state index contributed by atoms with van der Waals surface area (Å²) in [5.74, 6) is -1.92. The summed E-state index contributed by atoms with van der Waals surface area (Å²) in [4.78, 5) is 39.8. The van der Waals surface area contributed by atoms with Gasteiger partial charge >= 0.3 is 0 Å². The number of ether oxygens (including phenoxy) is 1. The highest BCUT2D eigenvalue weighted by molar-refractivity contribution is 5.97. The van der Waals surface area contributed by atoms with E-state index in [4.69, 9.17) is 10.5 Å². The van der Waals surface area contributed by atoms with Gasteiger partial charge in [-0.3, -0.25) is 14.4 Å². The number of carbonyl (C=O) groups is 2. The third-order valence-corrected chi connectivity index (χ3v) is 5.60. The van der Waals surface area contributed by atoms with Crippen molar-refractivity contribution in [3.05, 3.63) is 98.7 Å². The molecule has 1 aliphatic heterocycles. The lowest BCUT2D eigenvalue weighted by atomic mass is 9.95. The van der Waals surface area contributed by atoms with Crippen molar-refractivity contribution >= 4 is 11.8 Å². The average Bonchev–Trinajstić information content (AvgIpc) is 2.79. The molecule has 32 heavy (non-hydrogen) atoms. The first-order valence-corrected chi connectivity index (χ1v) is 10.1. The van der Waals surface area contributed by atoms with E-state index in [9.17, 15) is 18.8 Å². The second-order valence-electron chi connectivity index (χ2n) is 7.59. The molecular weight excluding hydrogens is 413 g/mol. The first-order chi connectivity index (χ1) is 15.4. The Morgan fingerprint density at radius 1 is 1.12 bits per heavy atom. The number of para-hydroxylation sites is 1. The maximum absolute atomic E-state index is 14.1. The Hall–Kier alpha value is -3.94. The van der Waals surface area contributed by atoms with E-state index < -0.39 is 23.2 Å². The summed E-state index contributed by atoms with van der Waals surface area (Å²) in [5.41, 5.74) is 7.27. The van der Waals surface area contributed by atoms with E-state index in [1.165, 1.54) is 29.9 Å². The monoisotopic (exact) mass is 435 g/mol. The van der Waals surface area contributed by atoms with Crippen LogP contribution in [-0.2, 0) is 19.5 Å². The number of halogens is 1. The summed E-state index contributed by atoms with van der Waals surface area (Å²) in [6, 6.07) is 13.5. The SMILES string of the molecule is COc1c(F)cccc1C(=O)N1CCc2c(cn(Cc3ccccc3)c(=O)c2C(N)=O)C1. The van der Waals surface area contributed by atoms with Crippen LogP contribution in [-0.4, -0.2) is 34.9 Å². The smallest absolute Gasteiger partial charge is 0.264 e.